The van der Waals surface area contributed by atoms with Crippen LogP contribution in [0.15, 0.2) is 0 Å². The van der Waals surface area contributed by atoms with Crippen molar-refractivity contribution in [3.8, 4) is 0 Å². The molecule has 0 spiro atoms. The zero-order valence-electron chi connectivity index (χ0n) is 11.5. The van der Waals surface area contributed by atoms with Crippen molar-refractivity contribution in [2.75, 3.05) is 19.6 Å². The molecule has 0 aliphatic heterocycles. The molecule has 1 rings (SSSR count). The van der Waals surface area contributed by atoms with E-state index in [2.05, 4.69) is 31.0 Å². The summed E-state index contributed by atoms with van der Waals surface area (Å²) in [4.78, 5) is 2.71. The first-order chi connectivity index (χ1) is 7.79. The van der Waals surface area contributed by atoms with Crippen LogP contribution in [0, 0.1) is 0 Å². The van der Waals surface area contributed by atoms with E-state index in [1.165, 1.54) is 45.1 Å². The van der Waals surface area contributed by atoms with Gasteiger partial charge in [0.1, 0.15) is 0 Å². The van der Waals surface area contributed by atoms with Crippen LogP contribution in [0.4, 0.5) is 0 Å². The van der Waals surface area contributed by atoms with Gasteiger partial charge in [-0.25, -0.2) is 0 Å². The maximum Gasteiger partial charge on any atom is 0.0195 e. The van der Waals surface area contributed by atoms with Crippen LogP contribution < -0.4 is 5.32 Å². The van der Waals surface area contributed by atoms with Gasteiger partial charge < -0.3 is 5.32 Å². The molecular weight excluding hydrogens is 196 g/mol. The molecule has 1 unspecified atom stereocenters. The first kappa shape index (κ1) is 14.0. The molecule has 0 aromatic rings. The van der Waals surface area contributed by atoms with Gasteiger partial charge in [-0.2, -0.15) is 0 Å². The number of nitrogens with zero attached hydrogens (tertiary/aromatic N) is 1. The molecule has 0 radical (unpaired) electrons. The van der Waals surface area contributed by atoms with Crippen molar-refractivity contribution < 1.29 is 0 Å². The highest BCUT2D eigenvalue weighted by Gasteiger charge is 2.23. The monoisotopic (exact) mass is 226 g/mol. The Balaban J connectivity index is 2.32. The molecule has 1 atom stereocenters. The number of hydrogen-bond donors (Lipinski definition) is 1. The third-order valence-corrected chi connectivity index (χ3v) is 3.84. The van der Waals surface area contributed by atoms with Crippen LogP contribution in [0.5, 0.6) is 0 Å². The molecule has 0 saturated heterocycles. The van der Waals surface area contributed by atoms with Gasteiger partial charge in [0.15, 0.2) is 0 Å². The van der Waals surface area contributed by atoms with Gasteiger partial charge in [0.05, 0.1) is 0 Å². The average molecular weight is 226 g/mol. The topological polar surface area (TPSA) is 15.3 Å². The standard InChI is InChI=1S/C14H30N2/c1-4-11-15-12-13(3)16(5-2)14-9-7-6-8-10-14/h13-15H,4-12H2,1-3H3. The van der Waals surface area contributed by atoms with Gasteiger partial charge in [-0.05, 0) is 39.3 Å². The van der Waals surface area contributed by atoms with Crippen molar-refractivity contribution in [1.82, 2.24) is 10.2 Å². The Morgan fingerprint density at radius 1 is 1.19 bits per heavy atom. The lowest BCUT2D eigenvalue weighted by molar-refractivity contribution is 0.118. The summed E-state index contributed by atoms with van der Waals surface area (Å²) in [5.41, 5.74) is 0. The normalized spacial score (nSPS) is 20.2. The van der Waals surface area contributed by atoms with E-state index in [4.69, 9.17) is 0 Å². The molecule has 2 nitrogen and oxygen atoms in total. The second-order valence-electron chi connectivity index (χ2n) is 5.18. The largest absolute Gasteiger partial charge is 0.315 e. The zero-order valence-corrected chi connectivity index (χ0v) is 11.5. The lowest BCUT2D eigenvalue weighted by Crippen LogP contribution is -2.47. The predicted molar refractivity (Wildman–Crippen MR) is 71.9 cm³/mol. The van der Waals surface area contributed by atoms with E-state index in [0.29, 0.717) is 6.04 Å². The molecule has 16 heavy (non-hydrogen) atoms. The van der Waals surface area contributed by atoms with Crippen molar-refractivity contribution >= 4 is 0 Å². The SMILES string of the molecule is CCCNCC(C)N(CC)C1CCCCC1. The lowest BCUT2D eigenvalue weighted by Gasteiger charge is -2.38. The number of nitrogens with one attached hydrogen (secondary N) is 1. The van der Waals surface area contributed by atoms with E-state index < -0.39 is 0 Å². The first-order valence-electron chi connectivity index (χ1n) is 7.26. The molecule has 1 aliphatic carbocycles. The van der Waals surface area contributed by atoms with Crippen molar-refractivity contribution in [1.29, 1.82) is 0 Å². The average Bonchev–Trinajstić information content (AvgIpc) is 2.32. The van der Waals surface area contributed by atoms with Crippen LogP contribution in [0.25, 0.3) is 0 Å². The molecule has 0 amide bonds. The Labute approximate surface area is 102 Å². The quantitative estimate of drug-likeness (QED) is 0.671. The van der Waals surface area contributed by atoms with Crippen molar-refractivity contribution in [3.63, 3.8) is 0 Å². The molecule has 96 valence electrons. The van der Waals surface area contributed by atoms with Crippen molar-refractivity contribution in [2.24, 2.45) is 0 Å². The second-order valence-corrected chi connectivity index (χ2v) is 5.18. The molecule has 0 heterocycles. The van der Waals surface area contributed by atoms with Crippen LogP contribution in [-0.2, 0) is 0 Å². The highest BCUT2D eigenvalue weighted by molar-refractivity contribution is 4.80. The molecule has 1 N–H and O–H groups in total. The van der Waals surface area contributed by atoms with Crippen LogP contribution in [0.1, 0.15) is 59.3 Å². The third kappa shape index (κ3) is 4.42. The Morgan fingerprint density at radius 2 is 1.88 bits per heavy atom. The van der Waals surface area contributed by atoms with E-state index >= 15 is 0 Å². The molecular formula is C14H30N2. The minimum absolute atomic E-state index is 0.694. The lowest BCUT2D eigenvalue weighted by atomic mass is 9.93. The van der Waals surface area contributed by atoms with Crippen molar-refractivity contribution in [3.05, 3.63) is 0 Å². The van der Waals surface area contributed by atoms with Crippen LogP contribution in [-0.4, -0.2) is 36.6 Å². The Bertz CT molecular complexity index is 164. The Hall–Kier alpha value is -0.0800. The molecule has 0 aromatic heterocycles. The summed E-state index contributed by atoms with van der Waals surface area (Å²) in [5, 5.41) is 3.55. The van der Waals surface area contributed by atoms with Gasteiger partial charge in [0.2, 0.25) is 0 Å². The Kier molecular flexibility index (Phi) is 7.06. The summed E-state index contributed by atoms with van der Waals surface area (Å²) >= 11 is 0. The van der Waals surface area contributed by atoms with E-state index in [9.17, 15) is 0 Å². The second kappa shape index (κ2) is 8.08. The van der Waals surface area contributed by atoms with Gasteiger partial charge in [-0.15, -0.1) is 0 Å². The molecule has 0 bridgehead atoms. The maximum atomic E-state index is 3.55. The molecule has 0 aromatic carbocycles. The maximum absolute atomic E-state index is 3.55. The summed E-state index contributed by atoms with van der Waals surface area (Å²) in [6.45, 7) is 10.4. The van der Waals surface area contributed by atoms with Crippen LogP contribution in [0.3, 0.4) is 0 Å². The first-order valence-corrected chi connectivity index (χ1v) is 7.26. The summed E-state index contributed by atoms with van der Waals surface area (Å²) in [6, 6.07) is 1.55. The van der Waals surface area contributed by atoms with E-state index in [1.807, 2.05) is 0 Å². The number of likely N-dealkylation sites (N-methyl/N-ethyl adjacent to an activating group) is 1. The van der Waals surface area contributed by atoms with Gasteiger partial charge in [-0.3, -0.25) is 4.90 Å². The fourth-order valence-corrected chi connectivity index (χ4v) is 2.95. The fraction of sp³-hybridized carbons (Fsp3) is 1.00. The van der Waals surface area contributed by atoms with Gasteiger partial charge >= 0.3 is 0 Å². The summed E-state index contributed by atoms with van der Waals surface area (Å²) < 4.78 is 0. The summed E-state index contributed by atoms with van der Waals surface area (Å²) in [5.74, 6) is 0. The highest BCUT2D eigenvalue weighted by atomic mass is 15.2. The molecule has 1 fully saturated rings. The summed E-state index contributed by atoms with van der Waals surface area (Å²) in [7, 11) is 0. The van der Waals surface area contributed by atoms with E-state index in [-0.39, 0.29) is 0 Å². The minimum atomic E-state index is 0.694. The van der Waals surface area contributed by atoms with E-state index in [1.54, 1.807) is 0 Å². The smallest absolute Gasteiger partial charge is 0.0195 e. The fourth-order valence-electron chi connectivity index (χ4n) is 2.95. The zero-order chi connectivity index (χ0) is 11.8. The van der Waals surface area contributed by atoms with Crippen molar-refractivity contribution in [2.45, 2.75) is 71.4 Å². The predicted octanol–water partition coefficient (Wildman–Crippen LogP) is 3.03. The highest BCUT2D eigenvalue weighted by Crippen LogP contribution is 2.23. The molecule has 1 saturated carbocycles. The van der Waals surface area contributed by atoms with Gasteiger partial charge in [0, 0.05) is 18.6 Å². The molecule has 1 aliphatic rings. The van der Waals surface area contributed by atoms with Crippen LogP contribution >= 0.6 is 0 Å². The third-order valence-electron chi connectivity index (χ3n) is 3.84. The summed E-state index contributed by atoms with van der Waals surface area (Å²) in [6.07, 6.45) is 8.42. The molecule has 2 heteroatoms. The number of rotatable bonds is 7. The van der Waals surface area contributed by atoms with E-state index in [0.717, 1.165) is 19.1 Å². The van der Waals surface area contributed by atoms with Crippen LogP contribution in [0.2, 0.25) is 0 Å². The van der Waals surface area contributed by atoms with Gasteiger partial charge in [0.25, 0.3) is 0 Å². The number of hydrogen-bond acceptors (Lipinski definition) is 2. The minimum Gasteiger partial charge on any atom is -0.315 e. The van der Waals surface area contributed by atoms with Gasteiger partial charge in [-0.1, -0.05) is 33.1 Å². The Morgan fingerprint density at radius 3 is 2.44 bits per heavy atom.